The van der Waals surface area contributed by atoms with E-state index in [-0.39, 0.29) is 22.2 Å². The molecule has 8 nitrogen and oxygen atoms in total. The first-order chi connectivity index (χ1) is 14.2. The van der Waals surface area contributed by atoms with Crippen molar-refractivity contribution in [3.63, 3.8) is 0 Å². The lowest BCUT2D eigenvalue weighted by Crippen LogP contribution is -2.58. The van der Waals surface area contributed by atoms with Crippen LogP contribution in [0.5, 0.6) is 0 Å². The lowest BCUT2D eigenvalue weighted by molar-refractivity contribution is -0.140. The van der Waals surface area contributed by atoms with E-state index in [0.717, 1.165) is 46.8 Å². The third kappa shape index (κ3) is 2.97. The van der Waals surface area contributed by atoms with Crippen LogP contribution >= 0.6 is 11.3 Å². The molecule has 2 bridgehead atoms. The Morgan fingerprint density at radius 3 is 2.87 bits per heavy atom. The molecule has 2 aliphatic heterocycles. The van der Waals surface area contributed by atoms with Crippen LogP contribution < -0.4 is 4.72 Å². The van der Waals surface area contributed by atoms with E-state index in [1.54, 1.807) is 25.3 Å². The van der Waals surface area contributed by atoms with Crippen molar-refractivity contribution in [1.82, 2.24) is 24.2 Å². The quantitative estimate of drug-likeness (QED) is 0.665. The number of hydrogen-bond donors (Lipinski definition) is 1. The van der Waals surface area contributed by atoms with Crippen LogP contribution in [0.1, 0.15) is 49.7 Å². The molecule has 3 aromatic heterocycles. The van der Waals surface area contributed by atoms with Crippen molar-refractivity contribution in [2.45, 2.75) is 61.9 Å². The third-order valence-electron chi connectivity index (χ3n) is 5.95. The number of sulfonamides is 1. The summed E-state index contributed by atoms with van der Waals surface area (Å²) in [5.74, 6) is -0.211. The summed E-state index contributed by atoms with van der Waals surface area (Å²) in [5, 5.41) is 6.28. The van der Waals surface area contributed by atoms with Crippen molar-refractivity contribution in [3.8, 4) is 0 Å². The van der Waals surface area contributed by atoms with Gasteiger partial charge in [-0.1, -0.05) is 6.07 Å². The first kappa shape index (κ1) is 19.7. The molecule has 5 heterocycles. The number of thiophene rings is 1. The molecule has 2 aliphatic rings. The van der Waals surface area contributed by atoms with E-state index in [1.165, 1.54) is 6.07 Å². The van der Waals surface area contributed by atoms with Gasteiger partial charge in [-0.25, -0.2) is 17.9 Å². The maximum atomic E-state index is 13.6. The molecule has 0 aliphatic carbocycles. The molecule has 10 heteroatoms. The summed E-state index contributed by atoms with van der Waals surface area (Å²) in [5.41, 5.74) is 2.56. The lowest BCUT2D eigenvalue weighted by Gasteiger charge is -2.40. The van der Waals surface area contributed by atoms with E-state index in [2.05, 4.69) is 14.8 Å². The average molecular weight is 446 g/mol. The fourth-order valence-electron chi connectivity index (χ4n) is 4.68. The van der Waals surface area contributed by atoms with Crippen LogP contribution in [0.15, 0.2) is 34.0 Å². The van der Waals surface area contributed by atoms with Crippen molar-refractivity contribution >= 4 is 32.9 Å². The number of fused-ring (bicyclic) bond motifs is 6. The molecule has 3 aromatic rings. The molecule has 0 spiro atoms. The molecule has 158 valence electrons. The molecule has 1 fully saturated rings. The molecule has 0 radical (unpaired) electrons. The van der Waals surface area contributed by atoms with E-state index in [9.17, 15) is 13.2 Å². The highest BCUT2D eigenvalue weighted by atomic mass is 32.2. The molecule has 5 rings (SSSR count). The van der Waals surface area contributed by atoms with Gasteiger partial charge >= 0.3 is 0 Å². The van der Waals surface area contributed by atoms with Crippen LogP contribution in [-0.4, -0.2) is 45.4 Å². The average Bonchev–Trinajstić information content (AvgIpc) is 3.38. The van der Waals surface area contributed by atoms with Gasteiger partial charge in [0.1, 0.15) is 9.75 Å². The Balaban J connectivity index is 1.48. The van der Waals surface area contributed by atoms with Gasteiger partial charge in [-0.3, -0.25) is 4.79 Å². The second-order valence-corrected chi connectivity index (χ2v) is 11.4. The summed E-state index contributed by atoms with van der Waals surface area (Å²) in [6, 6.07) is 5.08. The van der Waals surface area contributed by atoms with E-state index in [1.807, 2.05) is 28.6 Å². The topological polar surface area (TPSA) is 96.7 Å². The second kappa shape index (κ2) is 6.60. The van der Waals surface area contributed by atoms with Crippen LogP contribution in [0.2, 0.25) is 0 Å². The van der Waals surface area contributed by atoms with Crippen LogP contribution in [0.3, 0.4) is 0 Å². The van der Waals surface area contributed by atoms with E-state index in [4.69, 9.17) is 0 Å². The Hall–Kier alpha value is -2.30. The fraction of sp³-hybridized carbons (Fsp3) is 0.450. The van der Waals surface area contributed by atoms with Crippen LogP contribution in [-0.2, 0) is 21.2 Å². The maximum absolute atomic E-state index is 13.6. The molecule has 0 saturated carbocycles. The van der Waals surface area contributed by atoms with Gasteiger partial charge in [-0.15, -0.1) is 11.3 Å². The molecule has 0 unspecified atom stereocenters. The molecular weight excluding hydrogens is 422 g/mol. The number of carbonyl (C=O) groups is 1. The summed E-state index contributed by atoms with van der Waals surface area (Å²) in [4.78, 5) is 20.0. The molecule has 0 aromatic carbocycles. The highest BCUT2D eigenvalue weighted by molar-refractivity contribution is 7.91. The minimum Gasteiger partial charge on any atom is -0.331 e. The standard InChI is InChI=1S/C20H23N5O3S2/c1-12-9-17-21-11-14-15-7-6-13(10-16(14)25(17)22-12)24(15)19(26)20(2,3)23-30(27,28)18-5-4-8-29-18/h4-5,8-9,11,13,15,23H,6-7,10H2,1-3H3/t13-,15-/m0/s1. The first-order valence-electron chi connectivity index (χ1n) is 9.92. The molecular formula is C20H23N5O3S2. The summed E-state index contributed by atoms with van der Waals surface area (Å²) >= 11 is 1.13. The van der Waals surface area contributed by atoms with Crippen LogP contribution in [0.4, 0.5) is 0 Å². The Morgan fingerprint density at radius 2 is 2.13 bits per heavy atom. The zero-order valence-corrected chi connectivity index (χ0v) is 18.6. The summed E-state index contributed by atoms with van der Waals surface area (Å²) in [7, 11) is -3.76. The number of aromatic nitrogens is 3. The number of amides is 1. The van der Waals surface area contributed by atoms with E-state index >= 15 is 0 Å². The molecule has 30 heavy (non-hydrogen) atoms. The number of aryl methyl sites for hydroxylation is 1. The van der Waals surface area contributed by atoms with Crippen molar-refractivity contribution in [2.24, 2.45) is 0 Å². The number of hydrogen-bond acceptors (Lipinski definition) is 6. The Morgan fingerprint density at radius 1 is 1.33 bits per heavy atom. The summed E-state index contributed by atoms with van der Waals surface area (Å²) in [6.07, 6.45) is 4.25. The van der Waals surface area contributed by atoms with Gasteiger partial charge < -0.3 is 4.90 Å². The fourth-order valence-corrected chi connectivity index (χ4v) is 7.04. The minimum absolute atomic E-state index is 0.0237. The monoisotopic (exact) mass is 445 g/mol. The Bertz CT molecular complexity index is 1250. The van der Waals surface area contributed by atoms with Gasteiger partial charge in [0.05, 0.1) is 17.4 Å². The zero-order valence-electron chi connectivity index (χ0n) is 17.0. The maximum Gasteiger partial charge on any atom is 0.251 e. The number of carbonyl (C=O) groups excluding carboxylic acids is 1. The molecule has 1 amide bonds. The highest BCUT2D eigenvalue weighted by Crippen LogP contribution is 2.44. The smallest absolute Gasteiger partial charge is 0.251 e. The SMILES string of the molecule is Cc1cc2ncc3c(n2n1)C[C@@H]1CC[C@@H]3N1C(=O)C(C)(C)NS(=O)(=O)c1cccs1. The van der Waals surface area contributed by atoms with E-state index < -0.39 is 15.6 Å². The number of rotatable bonds is 4. The molecule has 2 atom stereocenters. The Labute approximate surface area is 179 Å². The summed E-state index contributed by atoms with van der Waals surface area (Å²) in [6.45, 7) is 5.21. The largest absolute Gasteiger partial charge is 0.331 e. The van der Waals surface area contributed by atoms with Crippen LogP contribution in [0, 0.1) is 6.92 Å². The molecule has 1 saturated heterocycles. The van der Waals surface area contributed by atoms with Crippen molar-refractivity contribution in [2.75, 3.05) is 0 Å². The van der Waals surface area contributed by atoms with Gasteiger partial charge in [0.25, 0.3) is 10.0 Å². The predicted octanol–water partition coefficient (Wildman–Crippen LogP) is 2.44. The number of nitrogens with one attached hydrogen (secondary N) is 1. The second-order valence-electron chi connectivity index (χ2n) is 8.54. The van der Waals surface area contributed by atoms with Gasteiger partial charge in [-0.2, -0.15) is 9.82 Å². The normalized spacial score (nSPS) is 21.2. The Kier molecular flexibility index (Phi) is 4.32. The van der Waals surface area contributed by atoms with Crippen LogP contribution in [0.25, 0.3) is 5.65 Å². The zero-order chi connectivity index (χ0) is 21.3. The first-order valence-corrected chi connectivity index (χ1v) is 12.3. The van der Waals surface area contributed by atoms with Crippen molar-refractivity contribution in [3.05, 3.63) is 46.7 Å². The minimum atomic E-state index is -3.76. The van der Waals surface area contributed by atoms with Gasteiger partial charge in [-0.05, 0) is 45.1 Å². The predicted molar refractivity (Wildman–Crippen MR) is 113 cm³/mol. The lowest BCUT2D eigenvalue weighted by atomic mass is 9.95. The highest BCUT2D eigenvalue weighted by Gasteiger charge is 2.48. The van der Waals surface area contributed by atoms with Gasteiger partial charge in [0.2, 0.25) is 5.91 Å². The number of nitrogens with zero attached hydrogens (tertiary/aromatic N) is 4. The summed E-state index contributed by atoms with van der Waals surface area (Å²) < 4.78 is 30.2. The molecule has 1 N–H and O–H groups in total. The van der Waals surface area contributed by atoms with Gasteiger partial charge in [0.15, 0.2) is 5.65 Å². The third-order valence-corrected chi connectivity index (χ3v) is 9.00. The van der Waals surface area contributed by atoms with E-state index in [0.29, 0.717) is 6.42 Å². The van der Waals surface area contributed by atoms with Crippen molar-refractivity contribution < 1.29 is 13.2 Å². The van der Waals surface area contributed by atoms with Gasteiger partial charge in [0, 0.05) is 30.3 Å². The van der Waals surface area contributed by atoms with Crippen molar-refractivity contribution in [1.29, 1.82) is 0 Å².